The Morgan fingerprint density at radius 2 is 1.79 bits per heavy atom. The molecule has 4 heterocycles. The van der Waals surface area contributed by atoms with Crippen molar-refractivity contribution >= 4 is 34.4 Å². The van der Waals surface area contributed by atoms with Gasteiger partial charge >= 0.3 is 0 Å². The lowest BCUT2D eigenvalue weighted by Crippen LogP contribution is -2.23. The largest absolute Gasteiger partial charge is 0.354 e. The molecule has 0 saturated carbocycles. The number of nitrogens with zero attached hydrogens (tertiary/aromatic N) is 7. The van der Waals surface area contributed by atoms with Crippen molar-refractivity contribution < 1.29 is 4.79 Å². The lowest BCUT2D eigenvalue weighted by Gasteiger charge is -2.19. The minimum absolute atomic E-state index is 0.0455. The van der Waals surface area contributed by atoms with Gasteiger partial charge in [-0.25, -0.2) is 19.5 Å². The van der Waals surface area contributed by atoms with Gasteiger partial charge in [-0.15, -0.1) is 5.10 Å². The second-order valence-electron chi connectivity index (χ2n) is 6.77. The Balaban J connectivity index is 1.54. The van der Waals surface area contributed by atoms with Crippen molar-refractivity contribution in [3.63, 3.8) is 0 Å². The highest BCUT2D eigenvalue weighted by atomic mass is 16.2. The zero-order chi connectivity index (χ0) is 19.1. The molecule has 0 aliphatic carbocycles. The summed E-state index contributed by atoms with van der Waals surface area (Å²) in [6, 6.07) is 9.44. The summed E-state index contributed by atoms with van der Waals surface area (Å²) < 4.78 is 1.54. The van der Waals surface area contributed by atoms with Gasteiger partial charge in [-0.05, 0) is 38.0 Å². The Kier molecular flexibility index (Phi) is 3.85. The van der Waals surface area contributed by atoms with Crippen molar-refractivity contribution in [1.29, 1.82) is 0 Å². The molecule has 1 aromatic carbocycles. The Hall–Kier alpha value is -3.62. The van der Waals surface area contributed by atoms with Crippen LogP contribution in [0.1, 0.15) is 29.2 Å². The van der Waals surface area contributed by atoms with Crippen molar-refractivity contribution in [2.75, 3.05) is 23.3 Å². The Labute approximate surface area is 160 Å². The van der Waals surface area contributed by atoms with Crippen LogP contribution in [0.25, 0.3) is 16.8 Å². The maximum absolute atomic E-state index is 12.8. The number of rotatable bonds is 3. The molecular weight excluding hydrogens is 356 g/mol. The van der Waals surface area contributed by atoms with Crippen molar-refractivity contribution in [2.24, 2.45) is 0 Å². The summed E-state index contributed by atoms with van der Waals surface area (Å²) >= 11 is 0. The van der Waals surface area contributed by atoms with Crippen LogP contribution < -0.4 is 10.2 Å². The summed E-state index contributed by atoms with van der Waals surface area (Å²) in [5, 5.41) is 7.12. The molecule has 140 valence electrons. The molecule has 1 aliphatic rings. The maximum Gasteiger partial charge on any atom is 0.296 e. The summed E-state index contributed by atoms with van der Waals surface area (Å²) in [6.45, 7) is 3.67. The van der Waals surface area contributed by atoms with Crippen molar-refractivity contribution in [2.45, 2.75) is 19.8 Å². The quantitative estimate of drug-likeness (QED) is 0.587. The van der Waals surface area contributed by atoms with E-state index in [2.05, 4.69) is 30.3 Å². The molecule has 0 atom stereocenters. The summed E-state index contributed by atoms with van der Waals surface area (Å²) in [5.74, 6) is 1.10. The van der Waals surface area contributed by atoms with Gasteiger partial charge in [0.2, 0.25) is 5.82 Å². The predicted molar refractivity (Wildman–Crippen MR) is 104 cm³/mol. The molecule has 0 spiro atoms. The number of hydrogen-bond acceptors (Lipinski definition) is 7. The third-order valence-corrected chi connectivity index (χ3v) is 4.82. The van der Waals surface area contributed by atoms with Crippen LogP contribution in [-0.2, 0) is 0 Å². The molecule has 1 aliphatic heterocycles. The van der Waals surface area contributed by atoms with Gasteiger partial charge in [0.25, 0.3) is 11.7 Å². The fourth-order valence-corrected chi connectivity index (χ4v) is 3.39. The highest BCUT2D eigenvalue weighted by Crippen LogP contribution is 2.28. The molecule has 1 N–H and O–H groups in total. The fourth-order valence-electron chi connectivity index (χ4n) is 3.39. The highest BCUT2D eigenvalue weighted by molar-refractivity contribution is 6.03. The monoisotopic (exact) mass is 374 g/mol. The maximum atomic E-state index is 12.8. The lowest BCUT2D eigenvalue weighted by atomic mass is 10.3. The van der Waals surface area contributed by atoms with Crippen LogP contribution in [0.4, 0.5) is 11.6 Å². The number of amides is 1. The number of nitrogens with one attached hydrogen (secondary N) is 1. The average Bonchev–Trinajstić information content (AvgIpc) is 3.38. The fraction of sp³-hybridized carbons (Fsp3) is 0.263. The Morgan fingerprint density at radius 1 is 1.04 bits per heavy atom. The van der Waals surface area contributed by atoms with Gasteiger partial charge < -0.3 is 10.2 Å². The molecule has 5 rings (SSSR count). The number of para-hydroxylation sites is 2. The molecule has 1 amide bonds. The van der Waals surface area contributed by atoms with Crippen molar-refractivity contribution in [1.82, 2.24) is 29.5 Å². The topological polar surface area (TPSA) is 101 Å². The van der Waals surface area contributed by atoms with Crippen LogP contribution in [0.2, 0.25) is 0 Å². The molecule has 0 bridgehead atoms. The number of aryl methyl sites for hydroxylation is 1. The summed E-state index contributed by atoms with van der Waals surface area (Å²) in [6.07, 6.45) is 3.84. The van der Waals surface area contributed by atoms with E-state index < -0.39 is 5.91 Å². The van der Waals surface area contributed by atoms with Gasteiger partial charge in [0.1, 0.15) is 0 Å². The molecule has 4 aromatic rings. The zero-order valence-electron chi connectivity index (χ0n) is 15.3. The number of fused-ring (bicyclic) bond motifs is 2. The third kappa shape index (κ3) is 2.81. The van der Waals surface area contributed by atoms with E-state index in [0.29, 0.717) is 17.4 Å². The van der Waals surface area contributed by atoms with E-state index >= 15 is 0 Å². The van der Waals surface area contributed by atoms with Crippen LogP contribution in [0.15, 0.2) is 36.5 Å². The van der Waals surface area contributed by atoms with Gasteiger partial charge in [-0.2, -0.15) is 4.98 Å². The minimum atomic E-state index is -0.435. The van der Waals surface area contributed by atoms with Crippen LogP contribution >= 0.6 is 0 Å². The lowest BCUT2D eigenvalue weighted by molar-refractivity contribution is 0.101. The zero-order valence-corrected chi connectivity index (χ0v) is 15.3. The van der Waals surface area contributed by atoms with Gasteiger partial charge in [0.15, 0.2) is 11.6 Å². The van der Waals surface area contributed by atoms with E-state index in [0.717, 1.165) is 42.7 Å². The molecule has 1 fully saturated rings. The molecule has 3 aromatic heterocycles. The first-order chi connectivity index (χ1) is 13.7. The van der Waals surface area contributed by atoms with Gasteiger partial charge in [-0.1, -0.05) is 12.1 Å². The van der Waals surface area contributed by atoms with Gasteiger partial charge in [0, 0.05) is 25.0 Å². The summed E-state index contributed by atoms with van der Waals surface area (Å²) in [7, 11) is 0. The van der Waals surface area contributed by atoms with Gasteiger partial charge in [0.05, 0.1) is 11.0 Å². The second kappa shape index (κ2) is 6.52. The predicted octanol–water partition coefficient (Wildman–Crippen LogP) is 2.23. The average molecular weight is 374 g/mol. The van der Waals surface area contributed by atoms with Crippen LogP contribution in [-0.4, -0.2) is 48.5 Å². The van der Waals surface area contributed by atoms with E-state index in [9.17, 15) is 4.79 Å². The van der Waals surface area contributed by atoms with E-state index in [4.69, 9.17) is 4.98 Å². The first kappa shape index (κ1) is 16.5. The molecule has 9 heteroatoms. The number of anilines is 2. The molecule has 0 unspecified atom stereocenters. The van der Waals surface area contributed by atoms with Crippen LogP contribution in [0, 0.1) is 6.92 Å². The first-order valence-electron chi connectivity index (χ1n) is 9.20. The number of carbonyl (C=O) groups excluding carboxylic acids is 1. The van der Waals surface area contributed by atoms with E-state index in [1.807, 2.05) is 37.3 Å². The van der Waals surface area contributed by atoms with Crippen LogP contribution in [0.5, 0.6) is 0 Å². The number of benzene rings is 1. The standard InChI is InChI=1S/C19H18N8O/c1-12-8-9-20-19-24-16(25-27(12)19)18(28)23-15-17(26-10-4-5-11-26)22-14-7-3-2-6-13(14)21-15/h2-3,6-9H,4-5,10-11H2,1H3,(H,21,23,28). The molecule has 1 saturated heterocycles. The SMILES string of the molecule is Cc1ccnc2nc(C(=O)Nc3nc4ccccc4nc3N3CCCC3)nn12. The molecule has 0 radical (unpaired) electrons. The molecule has 28 heavy (non-hydrogen) atoms. The van der Waals surface area contributed by atoms with Crippen molar-refractivity contribution in [3.8, 4) is 0 Å². The molecule has 9 nitrogen and oxygen atoms in total. The van der Waals surface area contributed by atoms with Crippen LogP contribution in [0.3, 0.4) is 0 Å². The highest BCUT2D eigenvalue weighted by Gasteiger charge is 2.22. The van der Waals surface area contributed by atoms with Crippen molar-refractivity contribution in [3.05, 3.63) is 48.0 Å². The normalized spacial score (nSPS) is 14.1. The first-order valence-corrected chi connectivity index (χ1v) is 9.20. The summed E-state index contributed by atoms with van der Waals surface area (Å²) in [4.78, 5) is 32.8. The third-order valence-electron chi connectivity index (χ3n) is 4.82. The van der Waals surface area contributed by atoms with Gasteiger partial charge in [-0.3, -0.25) is 4.79 Å². The second-order valence-corrected chi connectivity index (χ2v) is 6.77. The minimum Gasteiger partial charge on any atom is -0.354 e. The molecular formula is C19H18N8O. The van der Waals surface area contributed by atoms with E-state index in [-0.39, 0.29) is 5.82 Å². The van der Waals surface area contributed by atoms with E-state index in [1.54, 1.807) is 10.7 Å². The number of carbonyl (C=O) groups is 1. The number of aromatic nitrogens is 6. The smallest absolute Gasteiger partial charge is 0.296 e. The Morgan fingerprint density at radius 3 is 2.54 bits per heavy atom. The van der Waals surface area contributed by atoms with E-state index in [1.165, 1.54) is 0 Å². The Bertz CT molecular complexity index is 1200. The summed E-state index contributed by atoms with van der Waals surface area (Å²) in [5.41, 5.74) is 2.37. The number of hydrogen-bond donors (Lipinski definition) is 1.